The number of aromatic nitrogens is 5. The monoisotopic (exact) mass is 384 g/mol. The Labute approximate surface area is 146 Å². The number of phenolic OH excluding ortho intramolecular Hbond substituents is 2. The standard InChI is InChI=1S/C13H7F3N6O5/c14-13(15,16)7-1-2-20(25)10(5-7)21-18-12(17-19-21)6-3-8(22(26)27)11(24)9(23)4-6/h1-5,23-24H. The Hall–Kier alpha value is -3.97. The second kappa shape index (κ2) is 6.08. The zero-order valence-electron chi connectivity index (χ0n) is 12.8. The Bertz CT molecular complexity index is 1050. The summed E-state index contributed by atoms with van der Waals surface area (Å²) in [4.78, 5) is 10.4. The fourth-order valence-corrected chi connectivity index (χ4v) is 2.10. The fourth-order valence-electron chi connectivity index (χ4n) is 2.10. The number of aromatic hydroxyl groups is 2. The van der Waals surface area contributed by atoms with Crippen molar-refractivity contribution >= 4 is 5.69 Å². The van der Waals surface area contributed by atoms with E-state index >= 15 is 0 Å². The van der Waals surface area contributed by atoms with Crippen LogP contribution in [0.3, 0.4) is 0 Å². The molecule has 3 aromatic rings. The molecule has 1 aromatic carbocycles. The molecule has 0 aliphatic rings. The topological polar surface area (TPSA) is 154 Å². The molecule has 0 fully saturated rings. The first-order chi connectivity index (χ1) is 12.6. The van der Waals surface area contributed by atoms with Crippen LogP contribution in [0.15, 0.2) is 30.5 Å². The molecule has 140 valence electrons. The number of hydrogen-bond donors (Lipinski definition) is 2. The van der Waals surface area contributed by atoms with Gasteiger partial charge in [-0.05, 0) is 17.2 Å². The van der Waals surface area contributed by atoms with Crippen LogP contribution < -0.4 is 4.73 Å². The molecule has 0 amide bonds. The largest absolute Gasteiger partial charge is 0.710 e. The van der Waals surface area contributed by atoms with Gasteiger partial charge in [-0.3, -0.25) is 10.1 Å². The predicted molar refractivity (Wildman–Crippen MR) is 78.5 cm³/mol. The molecule has 0 unspecified atom stereocenters. The van der Waals surface area contributed by atoms with Gasteiger partial charge in [0, 0.05) is 22.5 Å². The van der Waals surface area contributed by atoms with Gasteiger partial charge in [-0.25, -0.2) is 4.73 Å². The van der Waals surface area contributed by atoms with Crippen LogP contribution in [-0.2, 0) is 6.18 Å². The van der Waals surface area contributed by atoms with E-state index in [1.807, 2.05) is 0 Å². The molecule has 0 aliphatic heterocycles. The summed E-state index contributed by atoms with van der Waals surface area (Å²) in [5, 5.41) is 52.3. The third-order valence-corrected chi connectivity index (χ3v) is 3.37. The number of nitro groups is 1. The molecule has 2 heterocycles. The van der Waals surface area contributed by atoms with Gasteiger partial charge in [0.15, 0.2) is 5.75 Å². The number of phenols is 2. The summed E-state index contributed by atoms with van der Waals surface area (Å²) in [6, 6.07) is 2.78. The highest BCUT2D eigenvalue weighted by Crippen LogP contribution is 2.38. The molecule has 0 radical (unpaired) electrons. The summed E-state index contributed by atoms with van der Waals surface area (Å²) in [5.74, 6) is -2.79. The second-order valence-electron chi connectivity index (χ2n) is 5.12. The number of rotatable bonds is 3. The van der Waals surface area contributed by atoms with Crippen molar-refractivity contribution in [3.05, 3.63) is 51.3 Å². The zero-order valence-corrected chi connectivity index (χ0v) is 12.8. The Kier molecular flexibility index (Phi) is 4.02. The SMILES string of the molecule is O=[N+]([O-])c1cc(-c2nnn(-c3cc(C(F)(F)F)cc[n+]3[O-])n2)cc(O)c1O. The summed E-state index contributed by atoms with van der Waals surface area (Å²) in [6.45, 7) is 0. The van der Waals surface area contributed by atoms with Crippen LogP contribution in [-0.4, -0.2) is 35.3 Å². The quantitative estimate of drug-likeness (QED) is 0.225. The van der Waals surface area contributed by atoms with Crippen LogP contribution >= 0.6 is 0 Å². The van der Waals surface area contributed by atoms with Gasteiger partial charge in [0.1, 0.15) is 0 Å². The summed E-state index contributed by atoms with van der Waals surface area (Å²) >= 11 is 0. The normalized spacial score (nSPS) is 11.5. The minimum atomic E-state index is -4.71. The van der Waals surface area contributed by atoms with E-state index in [1.165, 1.54) is 0 Å². The van der Waals surface area contributed by atoms with Gasteiger partial charge in [0.2, 0.25) is 11.6 Å². The number of nitrogens with zero attached hydrogens (tertiary/aromatic N) is 6. The molecule has 0 aliphatic carbocycles. The van der Waals surface area contributed by atoms with E-state index in [0.717, 1.165) is 12.1 Å². The predicted octanol–water partition coefficient (Wildman–Crippen LogP) is 1.30. The van der Waals surface area contributed by atoms with E-state index in [9.17, 15) is 38.7 Å². The zero-order chi connectivity index (χ0) is 19.9. The molecular weight excluding hydrogens is 377 g/mol. The molecule has 11 nitrogen and oxygen atoms in total. The molecule has 0 saturated carbocycles. The minimum absolute atomic E-state index is 0.0669. The van der Waals surface area contributed by atoms with E-state index in [0.29, 0.717) is 23.1 Å². The third-order valence-electron chi connectivity index (χ3n) is 3.37. The number of halogens is 3. The van der Waals surface area contributed by atoms with Crippen molar-refractivity contribution in [3.63, 3.8) is 0 Å². The second-order valence-corrected chi connectivity index (χ2v) is 5.12. The summed E-state index contributed by atoms with van der Waals surface area (Å²) in [7, 11) is 0. The number of alkyl halides is 3. The van der Waals surface area contributed by atoms with E-state index in [1.54, 1.807) is 0 Å². The van der Waals surface area contributed by atoms with Crippen LogP contribution in [0, 0.1) is 15.3 Å². The average molecular weight is 384 g/mol. The van der Waals surface area contributed by atoms with Crippen LogP contribution in [0.25, 0.3) is 17.2 Å². The van der Waals surface area contributed by atoms with Gasteiger partial charge in [-0.1, -0.05) is 5.10 Å². The number of hydrogen-bond acceptors (Lipinski definition) is 8. The number of tetrazole rings is 1. The molecule has 0 atom stereocenters. The van der Waals surface area contributed by atoms with Crippen molar-refractivity contribution in [1.82, 2.24) is 20.2 Å². The summed E-state index contributed by atoms with van der Waals surface area (Å²) < 4.78 is 38.5. The lowest BCUT2D eigenvalue weighted by Crippen LogP contribution is -2.33. The van der Waals surface area contributed by atoms with Crippen LogP contribution in [0.5, 0.6) is 11.5 Å². The Morgan fingerprint density at radius 3 is 2.56 bits per heavy atom. The maximum atomic E-state index is 12.8. The maximum Gasteiger partial charge on any atom is 0.416 e. The van der Waals surface area contributed by atoms with E-state index in [-0.39, 0.29) is 16.1 Å². The van der Waals surface area contributed by atoms with Crippen molar-refractivity contribution in [2.75, 3.05) is 0 Å². The van der Waals surface area contributed by atoms with Gasteiger partial charge >= 0.3 is 17.7 Å². The van der Waals surface area contributed by atoms with E-state index in [4.69, 9.17) is 0 Å². The summed E-state index contributed by atoms with van der Waals surface area (Å²) in [6.07, 6.45) is -4.10. The Balaban J connectivity index is 2.08. The smallest absolute Gasteiger partial charge is 0.416 e. The Morgan fingerprint density at radius 2 is 1.93 bits per heavy atom. The lowest BCUT2D eigenvalue weighted by Gasteiger charge is -2.09. The van der Waals surface area contributed by atoms with Crippen molar-refractivity contribution in [2.24, 2.45) is 0 Å². The summed E-state index contributed by atoms with van der Waals surface area (Å²) in [5.41, 5.74) is -2.13. The van der Waals surface area contributed by atoms with Gasteiger partial charge in [-0.2, -0.15) is 13.2 Å². The molecule has 14 heteroatoms. The molecule has 0 spiro atoms. The molecule has 0 saturated heterocycles. The van der Waals surface area contributed by atoms with E-state index < -0.39 is 39.7 Å². The lowest BCUT2D eigenvalue weighted by molar-refractivity contribution is -0.600. The first-order valence-corrected chi connectivity index (χ1v) is 6.89. The van der Waals surface area contributed by atoms with Gasteiger partial charge in [0.25, 0.3) is 0 Å². The molecule has 2 N–H and O–H groups in total. The van der Waals surface area contributed by atoms with Crippen molar-refractivity contribution < 1.29 is 33.0 Å². The van der Waals surface area contributed by atoms with Crippen molar-refractivity contribution in [3.8, 4) is 28.7 Å². The highest BCUT2D eigenvalue weighted by atomic mass is 19.4. The number of benzene rings is 1. The van der Waals surface area contributed by atoms with Gasteiger partial charge < -0.3 is 15.4 Å². The van der Waals surface area contributed by atoms with Crippen LogP contribution in [0.2, 0.25) is 0 Å². The number of pyridine rings is 1. The van der Waals surface area contributed by atoms with Crippen LogP contribution in [0.1, 0.15) is 5.56 Å². The first-order valence-electron chi connectivity index (χ1n) is 6.89. The molecular formula is C13H7F3N6O5. The van der Waals surface area contributed by atoms with Crippen molar-refractivity contribution in [1.29, 1.82) is 0 Å². The van der Waals surface area contributed by atoms with Gasteiger partial charge in [-0.15, -0.1) is 0 Å². The third kappa shape index (κ3) is 3.26. The Morgan fingerprint density at radius 1 is 1.22 bits per heavy atom. The highest BCUT2D eigenvalue weighted by molar-refractivity contribution is 5.67. The fraction of sp³-hybridized carbons (Fsp3) is 0.0769. The van der Waals surface area contributed by atoms with E-state index in [2.05, 4.69) is 15.4 Å². The highest BCUT2D eigenvalue weighted by Gasteiger charge is 2.33. The molecule has 3 rings (SSSR count). The first kappa shape index (κ1) is 17.8. The molecule has 0 bridgehead atoms. The maximum absolute atomic E-state index is 12.8. The molecule has 27 heavy (non-hydrogen) atoms. The average Bonchev–Trinajstić information content (AvgIpc) is 3.06. The van der Waals surface area contributed by atoms with Crippen molar-refractivity contribution in [2.45, 2.75) is 6.18 Å². The van der Waals surface area contributed by atoms with Gasteiger partial charge in [0.05, 0.1) is 21.9 Å². The minimum Gasteiger partial charge on any atom is -0.710 e. The van der Waals surface area contributed by atoms with Crippen LogP contribution in [0.4, 0.5) is 18.9 Å². The molecule has 2 aromatic heterocycles. The lowest BCUT2D eigenvalue weighted by atomic mass is 10.1. The number of nitro benzene ring substituents is 1.